The van der Waals surface area contributed by atoms with Crippen LogP contribution in [0.5, 0.6) is 0 Å². The minimum Gasteiger partial charge on any atom is -0.390 e. The average Bonchev–Trinajstić information content (AvgIpc) is 2.93. The van der Waals surface area contributed by atoms with Gasteiger partial charge in [-0.15, -0.1) is 0 Å². The number of pyridine rings is 1. The molecular weight excluding hydrogens is 293 g/mol. The number of nitrogens with zero attached hydrogens (tertiary/aromatic N) is 4. The Morgan fingerprint density at radius 1 is 1.50 bits per heavy atom. The molecule has 0 aliphatic rings. The van der Waals surface area contributed by atoms with E-state index in [4.69, 9.17) is 0 Å². The van der Waals surface area contributed by atoms with Gasteiger partial charge in [-0.25, -0.2) is 4.39 Å². The number of hydrogen-bond donors (Lipinski definition) is 2. The van der Waals surface area contributed by atoms with Gasteiger partial charge in [0, 0.05) is 18.8 Å². The van der Waals surface area contributed by atoms with Gasteiger partial charge in [-0.3, -0.25) is 19.8 Å². The highest BCUT2D eigenvalue weighted by Gasteiger charge is 2.13. The van der Waals surface area contributed by atoms with Crippen LogP contribution in [0.15, 0.2) is 30.9 Å². The molecule has 2 rings (SSSR count). The summed E-state index contributed by atoms with van der Waals surface area (Å²) in [6.07, 6.45) is 4.26. The summed E-state index contributed by atoms with van der Waals surface area (Å²) in [6, 6.07) is 1.18. The van der Waals surface area contributed by atoms with Gasteiger partial charge in [0.25, 0.3) is 0 Å². The van der Waals surface area contributed by atoms with E-state index in [1.165, 1.54) is 16.9 Å². The third kappa shape index (κ3) is 4.30. The predicted molar refractivity (Wildman–Crippen MR) is 75.5 cm³/mol. The summed E-state index contributed by atoms with van der Waals surface area (Å²) >= 11 is 0. The summed E-state index contributed by atoms with van der Waals surface area (Å²) in [7, 11) is 0. The number of hydrogen-bond acceptors (Lipinski definition) is 6. The first-order chi connectivity index (χ1) is 10.5. The maximum absolute atomic E-state index is 13.1. The van der Waals surface area contributed by atoms with Crippen molar-refractivity contribution in [2.75, 3.05) is 6.54 Å². The highest BCUT2D eigenvalue weighted by atomic mass is 19.1. The maximum atomic E-state index is 13.1. The second kappa shape index (κ2) is 7.05. The number of nitro groups is 1. The van der Waals surface area contributed by atoms with Gasteiger partial charge in [0.15, 0.2) is 0 Å². The summed E-state index contributed by atoms with van der Waals surface area (Å²) in [5.41, 5.74) is 0.543. The second-order valence-corrected chi connectivity index (χ2v) is 4.90. The van der Waals surface area contributed by atoms with E-state index in [1.807, 2.05) is 6.92 Å². The lowest BCUT2D eigenvalue weighted by Gasteiger charge is -2.17. The Kier molecular flexibility index (Phi) is 5.12. The van der Waals surface area contributed by atoms with E-state index < -0.39 is 16.8 Å². The van der Waals surface area contributed by atoms with Crippen LogP contribution in [0.25, 0.3) is 0 Å². The largest absolute Gasteiger partial charge is 0.390 e. The molecule has 2 aromatic heterocycles. The number of aliphatic hydroxyl groups excluding tert-OH is 1. The van der Waals surface area contributed by atoms with Crippen LogP contribution in [0.3, 0.4) is 0 Å². The Balaban J connectivity index is 1.84. The number of halogens is 1. The number of aliphatic hydroxyl groups is 1. The van der Waals surface area contributed by atoms with Crippen LogP contribution in [0, 0.1) is 15.9 Å². The van der Waals surface area contributed by atoms with Gasteiger partial charge in [-0.1, -0.05) is 0 Å². The molecule has 2 atom stereocenters. The molecule has 2 heterocycles. The fourth-order valence-corrected chi connectivity index (χ4v) is 1.92. The molecule has 22 heavy (non-hydrogen) atoms. The molecule has 118 valence electrons. The fourth-order valence-electron chi connectivity index (χ4n) is 1.92. The first-order valence-corrected chi connectivity index (χ1v) is 6.64. The number of rotatable bonds is 7. The van der Waals surface area contributed by atoms with Crippen molar-refractivity contribution in [1.82, 2.24) is 20.1 Å². The molecular formula is C13H16FN5O3. The Labute approximate surface area is 125 Å². The number of nitrogens with one attached hydrogen (secondary N) is 1. The molecule has 1 unspecified atom stereocenters. The smallest absolute Gasteiger partial charge is 0.306 e. The van der Waals surface area contributed by atoms with E-state index in [9.17, 15) is 19.6 Å². The molecule has 2 N–H and O–H groups in total. The molecule has 2 aromatic rings. The highest BCUT2D eigenvalue weighted by molar-refractivity contribution is 5.20. The molecule has 8 nitrogen and oxygen atoms in total. The van der Waals surface area contributed by atoms with Gasteiger partial charge < -0.3 is 10.4 Å². The Morgan fingerprint density at radius 3 is 2.91 bits per heavy atom. The molecule has 0 bridgehead atoms. The molecule has 0 fully saturated rings. The normalized spacial score (nSPS) is 13.8. The minimum absolute atomic E-state index is 0.120. The summed E-state index contributed by atoms with van der Waals surface area (Å²) in [6.45, 7) is 2.17. The molecule has 9 heteroatoms. The molecule has 0 aliphatic heterocycles. The minimum atomic E-state index is -0.788. The van der Waals surface area contributed by atoms with Gasteiger partial charge in [0.2, 0.25) is 0 Å². The summed E-state index contributed by atoms with van der Waals surface area (Å²) in [5.74, 6) is -0.421. The standard InChI is InChI=1S/C13H16FN5O3/c1-9(10-2-11(14)4-15-3-10)16-6-13(20)8-18-7-12(5-17-18)19(21)22/h2-5,7,9,13,16,20H,6,8H2,1H3/t9-,13?/m0/s1. The van der Waals surface area contributed by atoms with Crippen LogP contribution in [0.1, 0.15) is 18.5 Å². The first kappa shape index (κ1) is 16.0. The van der Waals surface area contributed by atoms with Crippen LogP contribution < -0.4 is 5.32 Å². The zero-order valence-corrected chi connectivity index (χ0v) is 11.9. The third-order valence-corrected chi connectivity index (χ3v) is 3.11. The van der Waals surface area contributed by atoms with Crippen LogP contribution >= 0.6 is 0 Å². The average molecular weight is 309 g/mol. The van der Waals surface area contributed by atoms with Gasteiger partial charge in [-0.2, -0.15) is 5.10 Å². The molecule has 0 aromatic carbocycles. The van der Waals surface area contributed by atoms with E-state index in [0.717, 1.165) is 12.4 Å². The van der Waals surface area contributed by atoms with Crippen molar-refractivity contribution in [2.45, 2.75) is 25.6 Å². The predicted octanol–water partition coefficient (Wildman–Crippen LogP) is 1.04. The van der Waals surface area contributed by atoms with E-state index in [-0.39, 0.29) is 24.8 Å². The van der Waals surface area contributed by atoms with Crippen molar-refractivity contribution < 1.29 is 14.4 Å². The molecule has 0 amide bonds. The zero-order valence-electron chi connectivity index (χ0n) is 11.9. The fraction of sp³-hybridized carbons (Fsp3) is 0.385. The van der Waals surface area contributed by atoms with Crippen molar-refractivity contribution in [3.63, 3.8) is 0 Å². The van der Waals surface area contributed by atoms with Gasteiger partial charge in [0.1, 0.15) is 18.2 Å². The lowest BCUT2D eigenvalue weighted by Crippen LogP contribution is -2.32. The second-order valence-electron chi connectivity index (χ2n) is 4.90. The molecule has 0 radical (unpaired) electrons. The topological polar surface area (TPSA) is 106 Å². The molecule has 0 spiro atoms. The SMILES string of the molecule is C[C@H](NCC(O)Cn1cc([N+](=O)[O-])cn1)c1cncc(F)c1. The summed E-state index contributed by atoms with van der Waals surface area (Å²) < 4.78 is 14.4. The van der Waals surface area contributed by atoms with Gasteiger partial charge in [-0.05, 0) is 18.6 Å². The van der Waals surface area contributed by atoms with Crippen LogP contribution in [0.2, 0.25) is 0 Å². The van der Waals surface area contributed by atoms with E-state index >= 15 is 0 Å². The maximum Gasteiger partial charge on any atom is 0.306 e. The van der Waals surface area contributed by atoms with Crippen LogP contribution in [-0.4, -0.2) is 37.4 Å². The Morgan fingerprint density at radius 2 is 2.27 bits per heavy atom. The van der Waals surface area contributed by atoms with Crippen molar-refractivity contribution in [1.29, 1.82) is 0 Å². The highest BCUT2D eigenvalue weighted by Crippen LogP contribution is 2.12. The number of aromatic nitrogens is 3. The third-order valence-electron chi connectivity index (χ3n) is 3.11. The summed E-state index contributed by atoms with van der Waals surface area (Å²) in [5, 5.41) is 27.3. The Bertz CT molecular complexity index is 648. The van der Waals surface area contributed by atoms with Crippen LogP contribution in [-0.2, 0) is 6.54 Å². The molecule has 0 saturated carbocycles. The van der Waals surface area contributed by atoms with E-state index in [0.29, 0.717) is 5.56 Å². The van der Waals surface area contributed by atoms with E-state index in [1.54, 1.807) is 6.20 Å². The zero-order chi connectivity index (χ0) is 16.1. The van der Waals surface area contributed by atoms with Gasteiger partial charge >= 0.3 is 5.69 Å². The van der Waals surface area contributed by atoms with Crippen molar-refractivity contribution in [2.24, 2.45) is 0 Å². The van der Waals surface area contributed by atoms with Crippen molar-refractivity contribution >= 4 is 5.69 Å². The van der Waals surface area contributed by atoms with Crippen molar-refractivity contribution in [3.05, 3.63) is 52.3 Å². The Hall–Kier alpha value is -2.39. The van der Waals surface area contributed by atoms with E-state index in [2.05, 4.69) is 15.4 Å². The van der Waals surface area contributed by atoms with Crippen LogP contribution in [0.4, 0.5) is 10.1 Å². The molecule has 0 aliphatic carbocycles. The first-order valence-electron chi connectivity index (χ1n) is 6.64. The van der Waals surface area contributed by atoms with Crippen molar-refractivity contribution in [3.8, 4) is 0 Å². The van der Waals surface area contributed by atoms with Gasteiger partial charge in [0.05, 0.1) is 23.8 Å². The lowest BCUT2D eigenvalue weighted by molar-refractivity contribution is -0.385. The molecule has 0 saturated heterocycles. The summed E-state index contributed by atoms with van der Waals surface area (Å²) in [4.78, 5) is 13.8. The monoisotopic (exact) mass is 309 g/mol. The lowest BCUT2D eigenvalue weighted by atomic mass is 10.1. The quantitative estimate of drug-likeness (QED) is 0.584.